The molecule has 50 heavy (non-hydrogen) atoms. The van der Waals surface area contributed by atoms with Crippen molar-refractivity contribution in [3.8, 4) is 62.9 Å². The van der Waals surface area contributed by atoms with E-state index in [0.717, 1.165) is 65.9 Å². The van der Waals surface area contributed by atoms with Gasteiger partial charge in [-0.3, -0.25) is 9.80 Å². The van der Waals surface area contributed by atoms with Crippen LogP contribution in [0.2, 0.25) is 0 Å². The fourth-order valence-corrected chi connectivity index (χ4v) is 8.05. The van der Waals surface area contributed by atoms with Gasteiger partial charge in [-0.05, 0) is 121 Å². The van der Waals surface area contributed by atoms with Crippen LogP contribution in [0, 0.1) is 0 Å². The Hall–Kier alpha value is -4.80. The third-order valence-electron chi connectivity index (χ3n) is 10.7. The first-order valence-electron chi connectivity index (χ1n) is 16.9. The van der Waals surface area contributed by atoms with Crippen LogP contribution in [0.4, 0.5) is 0 Å². The van der Waals surface area contributed by atoms with Crippen molar-refractivity contribution in [1.29, 1.82) is 0 Å². The number of likely N-dealkylation sites (N-methyl/N-ethyl adjacent to an activating group) is 2. The van der Waals surface area contributed by atoms with Crippen LogP contribution in [0.1, 0.15) is 45.5 Å². The molecule has 3 aliphatic rings. The summed E-state index contributed by atoms with van der Waals surface area (Å²) in [6.45, 7) is 1.84. The van der Waals surface area contributed by atoms with Crippen LogP contribution in [-0.2, 0) is 25.7 Å². The molecule has 0 spiro atoms. The predicted molar refractivity (Wildman–Crippen MR) is 191 cm³/mol. The number of nitrogens with zero attached hydrogens (tertiary/aromatic N) is 2. The van der Waals surface area contributed by atoms with E-state index in [1.165, 1.54) is 16.7 Å². The second-order valence-electron chi connectivity index (χ2n) is 13.3. The molecule has 0 bridgehead atoms. The standard InChI is InChI=1S/C40H46N2O8/c1-41-11-9-23-17-30(44-3)31(45-4)20-26(23)28(41)13-22-14-35(48-7)40(49-8)36(15-22)50-33-19-25-16-29-37-24(10-12-42(29)2)18-34(47-6)39(43)38(37)27(25)21-32(33)46-5/h14-15,17-21,28-29,43H,9-13,16H2,1-8H3. The van der Waals surface area contributed by atoms with Crippen molar-refractivity contribution < 1.29 is 38.3 Å². The van der Waals surface area contributed by atoms with Crippen molar-refractivity contribution in [2.75, 3.05) is 69.8 Å². The number of phenolic OH excluding ortho intramolecular Hbond substituents is 1. The molecule has 10 nitrogen and oxygen atoms in total. The molecule has 2 aliphatic heterocycles. The zero-order valence-electron chi connectivity index (χ0n) is 30.1. The van der Waals surface area contributed by atoms with Gasteiger partial charge in [0.15, 0.2) is 46.0 Å². The summed E-state index contributed by atoms with van der Waals surface area (Å²) in [7, 11) is 14.1. The molecule has 2 atom stereocenters. The van der Waals surface area contributed by atoms with E-state index in [9.17, 15) is 5.11 Å². The number of aromatic hydroxyl groups is 1. The van der Waals surface area contributed by atoms with Crippen molar-refractivity contribution in [2.45, 2.75) is 37.8 Å². The quantitative estimate of drug-likeness (QED) is 0.194. The van der Waals surface area contributed by atoms with Gasteiger partial charge in [-0.2, -0.15) is 0 Å². The lowest BCUT2D eigenvalue weighted by molar-refractivity contribution is 0.226. The van der Waals surface area contributed by atoms with Crippen LogP contribution < -0.4 is 33.2 Å². The predicted octanol–water partition coefficient (Wildman–Crippen LogP) is 6.76. The Bertz CT molecular complexity index is 1940. The van der Waals surface area contributed by atoms with Gasteiger partial charge in [-0.15, -0.1) is 0 Å². The summed E-state index contributed by atoms with van der Waals surface area (Å²) in [4.78, 5) is 4.73. The average molecular weight is 683 g/mol. The summed E-state index contributed by atoms with van der Waals surface area (Å²) < 4.78 is 41.3. The van der Waals surface area contributed by atoms with Gasteiger partial charge in [-0.1, -0.05) is 0 Å². The minimum Gasteiger partial charge on any atom is -0.504 e. The molecule has 1 aliphatic carbocycles. The summed E-state index contributed by atoms with van der Waals surface area (Å²) in [6, 6.07) is 14.4. The van der Waals surface area contributed by atoms with Crippen LogP contribution in [-0.4, -0.2) is 84.7 Å². The molecule has 2 unspecified atom stereocenters. The highest BCUT2D eigenvalue weighted by atomic mass is 16.5. The van der Waals surface area contributed by atoms with E-state index in [1.54, 1.807) is 42.7 Å². The van der Waals surface area contributed by atoms with E-state index < -0.39 is 0 Å². The molecule has 10 heteroatoms. The summed E-state index contributed by atoms with van der Waals surface area (Å²) >= 11 is 0. The van der Waals surface area contributed by atoms with Gasteiger partial charge >= 0.3 is 0 Å². The van der Waals surface area contributed by atoms with Gasteiger partial charge in [0, 0.05) is 30.7 Å². The highest BCUT2D eigenvalue weighted by Gasteiger charge is 2.37. The van der Waals surface area contributed by atoms with Crippen LogP contribution in [0.25, 0.3) is 11.1 Å². The minimum atomic E-state index is 0.0879. The third-order valence-corrected chi connectivity index (χ3v) is 10.7. The zero-order valence-corrected chi connectivity index (χ0v) is 30.1. The molecule has 0 saturated carbocycles. The molecule has 1 N–H and O–H groups in total. The number of benzene rings is 4. The lowest BCUT2D eigenvalue weighted by Gasteiger charge is -2.40. The van der Waals surface area contributed by atoms with E-state index in [0.29, 0.717) is 46.7 Å². The molecule has 2 heterocycles. The topological polar surface area (TPSA) is 91.3 Å². The first-order chi connectivity index (χ1) is 24.2. The first-order valence-corrected chi connectivity index (χ1v) is 16.9. The van der Waals surface area contributed by atoms with Crippen molar-refractivity contribution >= 4 is 0 Å². The second-order valence-corrected chi connectivity index (χ2v) is 13.3. The number of phenols is 1. The highest BCUT2D eigenvalue weighted by Crippen LogP contribution is 2.54. The Labute approximate surface area is 294 Å². The normalized spacial score (nSPS) is 18.0. The van der Waals surface area contributed by atoms with Crippen molar-refractivity contribution in [3.05, 3.63) is 75.8 Å². The largest absolute Gasteiger partial charge is 0.504 e. The van der Waals surface area contributed by atoms with Crippen molar-refractivity contribution in [1.82, 2.24) is 9.80 Å². The zero-order chi connectivity index (χ0) is 35.3. The molecule has 0 aromatic heterocycles. The lowest BCUT2D eigenvalue weighted by atomic mass is 9.76. The monoisotopic (exact) mass is 682 g/mol. The van der Waals surface area contributed by atoms with Gasteiger partial charge in [-0.25, -0.2) is 0 Å². The van der Waals surface area contributed by atoms with Crippen molar-refractivity contribution in [2.24, 2.45) is 0 Å². The number of ether oxygens (including phenoxy) is 7. The number of hydrogen-bond acceptors (Lipinski definition) is 10. The maximum atomic E-state index is 11.5. The van der Waals surface area contributed by atoms with Gasteiger partial charge in [0.1, 0.15) is 0 Å². The van der Waals surface area contributed by atoms with E-state index in [2.05, 4.69) is 36.0 Å². The van der Waals surface area contributed by atoms with Crippen LogP contribution in [0.15, 0.2) is 42.5 Å². The Kier molecular flexibility index (Phi) is 9.09. The Morgan fingerprint density at radius 3 is 1.92 bits per heavy atom. The molecule has 0 amide bonds. The van der Waals surface area contributed by atoms with Gasteiger partial charge in [0.25, 0.3) is 0 Å². The summed E-state index contributed by atoms with van der Waals surface area (Å²) in [5, 5.41) is 11.5. The van der Waals surface area contributed by atoms with Gasteiger partial charge in [0.05, 0.1) is 42.7 Å². The highest BCUT2D eigenvalue weighted by molar-refractivity contribution is 5.85. The number of hydrogen-bond donors (Lipinski definition) is 1. The molecule has 0 radical (unpaired) electrons. The number of methoxy groups -OCH3 is 6. The van der Waals surface area contributed by atoms with Gasteiger partial charge in [0.2, 0.25) is 5.75 Å². The van der Waals surface area contributed by atoms with E-state index in [1.807, 2.05) is 30.3 Å². The second kappa shape index (κ2) is 13.5. The SMILES string of the molecule is COc1cc2c(cc1OC)C(Cc1cc(OC)c(OC)c(Oc3cc4c(cc3OC)-c3c(O)c(OC)cc5c3C(C4)N(C)CC5)c1)N(C)CC2. The first kappa shape index (κ1) is 33.7. The molecular formula is C40H46N2O8. The summed E-state index contributed by atoms with van der Waals surface area (Å²) in [5.74, 6) is 4.75. The minimum absolute atomic E-state index is 0.0879. The van der Waals surface area contributed by atoms with E-state index >= 15 is 0 Å². The molecule has 4 aromatic carbocycles. The molecule has 0 fully saturated rings. The molecule has 264 valence electrons. The van der Waals surface area contributed by atoms with Crippen LogP contribution >= 0.6 is 0 Å². The lowest BCUT2D eigenvalue weighted by Crippen LogP contribution is -2.35. The molecular weight excluding hydrogens is 636 g/mol. The van der Waals surface area contributed by atoms with Crippen LogP contribution in [0.3, 0.4) is 0 Å². The molecule has 7 rings (SSSR count). The summed E-state index contributed by atoms with van der Waals surface area (Å²) in [5.41, 5.74) is 8.62. The Morgan fingerprint density at radius 1 is 0.620 bits per heavy atom. The van der Waals surface area contributed by atoms with Crippen molar-refractivity contribution in [3.63, 3.8) is 0 Å². The number of fused-ring (bicyclic) bond motifs is 3. The van der Waals surface area contributed by atoms with Crippen LogP contribution in [0.5, 0.6) is 51.7 Å². The maximum Gasteiger partial charge on any atom is 0.203 e. The third kappa shape index (κ3) is 5.60. The average Bonchev–Trinajstić information content (AvgIpc) is 3.13. The molecule has 0 saturated heterocycles. The fraction of sp³-hybridized carbons (Fsp3) is 0.400. The summed E-state index contributed by atoms with van der Waals surface area (Å²) in [6.07, 6.45) is 3.28. The Balaban J connectivity index is 1.30. The van der Waals surface area contributed by atoms with E-state index in [4.69, 9.17) is 33.2 Å². The smallest absolute Gasteiger partial charge is 0.203 e. The Morgan fingerprint density at radius 2 is 1.22 bits per heavy atom. The molecule has 4 aromatic rings. The fourth-order valence-electron chi connectivity index (χ4n) is 8.05. The number of rotatable bonds is 10. The van der Waals surface area contributed by atoms with Gasteiger partial charge < -0.3 is 38.3 Å². The van der Waals surface area contributed by atoms with E-state index in [-0.39, 0.29) is 17.8 Å². The maximum absolute atomic E-state index is 11.5.